The molecule has 7 atom stereocenters. The Morgan fingerprint density at radius 2 is 2.13 bits per heavy atom. The SMILES string of the molecule is COC1=CC2NC(O)C(C(F)CCCCC3CC3C)NC2C=C1. The third kappa shape index (κ3) is 4.14. The van der Waals surface area contributed by atoms with Crippen molar-refractivity contribution in [1.82, 2.24) is 10.6 Å². The van der Waals surface area contributed by atoms with Gasteiger partial charge >= 0.3 is 0 Å². The first-order valence-electron chi connectivity index (χ1n) is 8.86. The van der Waals surface area contributed by atoms with Gasteiger partial charge in [-0.2, -0.15) is 0 Å². The number of ether oxygens (including phenoxy) is 1. The highest BCUT2D eigenvalue weighted by Crippen LogP contribution is 2.41. The average Bonchev–Trinajstić information content (AvgIpc) is 3.25. The summed E-state index contributed by atoms with van der Waals surface area (Å²) in [5, 5.41) is 16.5. The summed E-state index contributed by atoms with van der Waals surface area (Å²) in [6, 6.07) is -0.629. The highest BCUT2D eigenvalue weighted by molar-refractivity contribution is 5.27. The number of methoxy groups -OCH3 is 1. The van der Waals surface area contributed by atoms with E-state index in [-0.39, 0.29) is 12.1 Å². The van der Waals surface area contributed by atoms with Crippen molar-refractivity contribution >= 4 is 0 Å². The predicted octanol–water partition coefficient (Wildman–Crippen LogP) is 2.26. The van der Waals surface area contributed by atoms with Gasteiger partial charge in [-0.05, 0) is 36.8 Å². The number of aliphatic hydroxyl groups is 1. The molecule has 3 N–H and O–H groups in total. The van der Waals surface area contributed by atoms with Gasteiger partial charge in [0.2, 0.25) is 0 Å². The third-order valence-electron chi connectivity index (χ3n) is 5.49. The molecular formula is C18H29FN2O2. The van der Waals surface area contributed by atoms with E-state index in [0.29, 0.717) is 6.42 Å². The minimum absolute atomic E-state index is 0.00661. The lowest BCUT2D eigenvalue weighted by atomic mass is 9.93. The van der Waals surface area contributed by atoms with Crippen LogP contribution in [0.2, 0.25) is 0 Å². The zero-order valence-electron chi connectivity index (χ0n) is 14.0. The van der Waals surface area contributed by atoms with E-state index in [1.54, 1.807) is 7.11 Å². The number of hydrogen-bond donors (Lipinski definition) is 3. The van der Waals surface area contributed by atoms with Gasteiger partial charge in [0.1, 0.15) is 18.2 Å². The van der Waals surface area contributed by atoms with Crippen molar-refractivity contribution in [2.45, 2.75) is 69.6 Å². The first-order valence-corrected chi connectivity index (χ1v) is 8.86. The summed E-state index contributed by atoms with van der Waals surface area (Å²) >= 11 is 0. The number of fused-ring (bicyclic) bond motifs is 1. The van der Waals surface area contributed by atoms with E-state index in [1.807, 2.05) is 18.2 Å². The lowest BCUT2D eigenvalue weighted by Gasteiger charge is -2.41. The summed E-state index contributed by atoms with van der Waals surface area (Å²) in [5.41, 5.74) is 0. The molecule has 1 saturated carbocycles. The molecule has 0 amide bonds. The molecule has 0 aromatic carbocycles. The fraction of sp³-hybridized carbons (Fsp3) is 0.778. The molecule has 5 heteroatoms. The van der Waals surface area contributed by atoms with Crippen LogP contribution in [0.4, 0.5) is 4.39 Å². The molecular weight excluding hydrogens is 295 g/mol. The minimum atomic E-state index is -1.03. The maximum absolute atomic E-state index is 14.5. The molecule has 0 radical (unpaired) electrons. The van der Waals surface area contributed by atoms with Gasteiger partial charge in [0.15, 0.2) is 0 Å². The van der Waals surface area contributed by atoms with Crippen molar-refractivity contribution < 1.29 is 14.2 Å². The Kier molecular flexibility index (Phi) is 5.39. The van der Waals surface area contributed by atoms with Crippen LogP contribution in [0.1, 0.15) is 39.0 Å². The number of nitrogens with one attached hydrogen (secondary N) is 2. The summed E-state index contributed by atoms with van der Waals surface area (Å²) in [6.07, 6.45) is 8.93. The molecule has 1 heterocycles. The molecule has 0 spiro atoms. The highest BCUT2D eigenvalue weighted by Gasteiger charge is 2.38. The zero-order chi connectivity index (χ0) is 16.4. The quantitative estimate of drug-likeness (QED) is 0.629. The van der Waals surface area contributed by atoms with E-state index >= 15 is 0 Å². The van der Waals surface area contributed by atoms with Crippen LogP contribution in [0.15, 0.2) is 24.0 Å². The maximum atomic E-state index is 14.5. The normalized spacial score (nSPS) is 40.3. The number of alkyl halides is 1. The smallest absolute Gasteiger partial charge is 0.123 e. The Labute approximate surface area is 138 Å². The molecule has 4 nitrogen and oxygen atoms in total. The summed E-state index contributed by atoms with van der Waals surface area (Å²) in [4.78, 5) is 0. The van der Waals surface area contributed by atoms with Crippen LogP contribution in [-0.4, -0.2) is 42.7 Å². The summed E-state index contributed by atoms with van der Waals surface area (Å²) in [7, 11) is 1.62. The first-order chi connectivity index (χ1) is 11.1. The van der Waals surface area contributed by atoms with Gasteiger partial charge in [0.05, 0.1) is 19.2 Å². The Hall–Kier alpha value is -0.910. The molecule has 0 bridgehead atoms. The summed E-state index contributed by atoms with van der Waals surface area (Å²) in [5.74, 6) is 2.52. The Bertz CT molecular complexity index is 468. The summed E-state index contributed by atoms with van der Waals surface area (Å²) < 4.78 is 19.7. The second kappa shape index (κ2) is 7.32. The summed E-state index contributed by atoms with van der Waals surface area (Å²) in [6.45, 7) is 2.29. The second-order valence-electron chi connectivity index (χ2n) is 7.26. The van der Waals surface area contributed by atoms with Gasteiger partial charge in [0, 0.05) is 6.04 Å². The molecule has 23 heavy (non-hydrogen) atoms. The molecule has 3 rings (SSSR count). The fourth-order valence-corrected chi connectivity index (χ4v) is 3.74. The maximum Gasteiger partial charge on any atom is 0.123 e. The van der Waals surface area contributed by atoms with Crippen LogP contribution in [0.25, 0.3) is 0 Å². The first kappa shape index (κ1) is 16.9. The van der Waals surface area contributed by atoms with Crippen LogP contribution in [0, 0.1) is 11.8 Å². The van der Waals surface area contributed by atoms with E-state index in [9.17, 15) is 9.50 Å². The number of aliphatic hydroxyl groups excluding tert-OH is 1. The Balaban J connectivity index is 1.44. The second-order valence-corrected chi connectivity index (χ2v) is 7.26. The van der Waals surface area contributed by atoms with Crippen LogP contribution in [-0.2, 0) is 4.74 Å². The van der Waals surface area contributed by atoms with Gasteiger partial charge in [-0.15, -0.1) is 0 Å². The standard InChI is InChI=1S/C18H29FN2O2/c1-11-9-12(11)5-3-4-6-14(19)17-18(22)21-16-10-13(23-2)7-8-15(16)20-17/h7-8,10-12,14-18,20-22H,3-6,9H2,1-2H3. The van der Waals surface area contributed by atoms with Gasteiger partial charge in [-0.1, -0.05) is 32.3 Å². The molecule has 0 aromatic heterocycles. The molecule has 3 aliphatic rings. The van der Waals surface area contributed by atoms with Gasteiger partial charge in [0.25, 0.3) is 0 Å². The Morgan fingerprint density at radius 1 is 1.35 bits per heavy atom. The number of hydrogen-bond acceptors (Lipinski definition) is 4. The molecule has 1 aliphatic heterocycles. The lowest BCUT2D eigenvalue weighted by molar-refractivity contribution is 0.0149. The van der Waals surface area contributed by atoms with E-state index < -0.39 is 18.4 Å². The van der Waals surface area contributed by atoms with E-state index in [4.69, 9.17) is 4.74 Å². The van der Waals surface area contributed by atoms with Crippen molar-refractivity contribution in [3.05, 3.63) is 24.0 Å². The third-order valence-corrected chi connectivity index (χ3v) is 5.49. The minimum Gasteiger partial charge on any atom is -0.497 e. The number of rotatable bonds is 7. The molecule has 7 unspecified atom stereocenters. The number of halogens is 1. The largest absolute Gasteiger partial charge is 0.497 e. The Morgan fingerprint density at radius 3 is 2.83 bits per heavy atom. The molecule has 2 fully saturated rings. The highest BCUT2D eigenvalue weighted by atomic mass is 19.1. The topological polar surface area (TPSA) is 53.5 Å². The number of piperazine rings is 1. The van der Waals surface area contributed by atoms with Gasteiger partial charge in [-0.3, -0.25) is 10.6 Å². The van der Waals surface area contributed by atoms with Crippen LogP contribution in [0.5, 0.6) is 0 Å². The van der Waals surface area contributed by atoms with E-state index in [0.717, 1.165) is 30.4 Å². The molecule has 0 aromatic rings. The predicted molar refractivity (Wildman–Crippen MR) is 88.5 cm³/mol. The van der Waals surface area contributed by atoms with Crippen LogP contribution >= 0.6 is 0 Å². The molecule has 2 aliphatic carbocycles. The van der Waals surface area contributed by atoms with E-state index in [1.165, 1.54) is 12.8 Å². The molecule has 1 saturated heterocycles. The monoisotopic (exact) mass is 324 g/mol. The zero-order valence-corrected chi connectivity index (χ0v) is 14.0. The van der Waals surface area contributed by atoms with Crippen molar-refractivity contribution in [3.63, 3.8) is 0 Å². The van der Waals surface area contributed by atoms with Crippen molar-refractivity contribution in [2.24, 2.45) is 11.8 Å². The lowest BCUT2D eigenvalue weighted by Crippen LogP contribution is -2.67. The van der Waals surface area contributed by atoms with Gasteiger partial charge in [-0.25, -0.2) is 4.39 Å². The van der Waals surface area contributed by atoms with Gasteiger partial charge < -0.3 is 9.84 Å². The number of unbranched alkanes of at least 4 members (excludes halogenated alkanes) is 1. The average molecular weight is 324 g/mol. The van der Waals surface area contributed by atoms with Crippen molar-refractivity contribution in [1.29, 1.82) is 0 Å². The van der Waals surface area contributed by atoms with Crippen molar-refractivity contribution in [2.75, 3.05) is 7.11 Å². The van der Waals surface area contributed by atoms with Crippen molar-refractivity contribution in [3.8, 4) is 0 Å². The number of allylic oxidation sites excluding steroid dienone is 1. The van der Waals surface area contributed by atoms with E-state index in [2.05, 4.69) is 17.6 Å². The van der Waals surface area contributed by atoms with Crippen LogP contribution < -0.4 is 10.6 Å². The van der Waals surface area contributed by atoms with Crippen LogP contribution in [0.3, 0.4) is 0 Å². The fourth-order valence-electron chi connectivity index (χ4n) is 3.74. The molecule has 130 valence electrons.